The first-order valence-corrected chi connectivity index (χ1v) is 9.21. The quantitative estimate of drug-likeness (QED) is 0.721. The van der Waals surface area contributed by atoms with E-state index < -0.39 is 0 Å². The van der Waals surface area contributed by atoms with Crippen LogP contribution in [0.5, 0.6) is 5.75 Å². The highest BCUT2D eigenvalue weighted by atomic mass is 32.1. The summed E-state index contributed by atoms with van der Waals surface area (Å²) in [6, 6.07) is 5.81. The summed E-state index contributed by atoms with van der Waals surface area (Å²) in [6.45, 7) is 3.79. The molecule has 0 unspecified atom stereocenters. The van der Waals surface area contributed by atoms with Gasteiger partial charge in [-0.15, -0.1) is 0 Å². The molecule has 0 atom stereocenters. The molecule has 0 spiro atoms. The summed E-state index contributed by atoms with van der Waals surface area (Å²) >= 11 is 1.53. The van der Waals surface area contributed by atoms with Gasteiger partial charge in [0, 0.05) is 26.2 Å². The number of nitrogens with one attached hydrogen (secondary N) is 1. The number of nitrogen functional groups attached to an aromatic ring is 1. The summed E-state index contributed by atoms with van der Waals surface area (Å²) in [7, 11) is 3.78. The van der Waals surface area contributed by atoms with Gasteiger partial charge in [0.05, 0.1) is 17.3 Å². The summed E-state index contributed by atoms with van der Waals surface area (Å²) < 4.78 is 6.31. The van der Waals surface area contributed by atoms with E-state index in [-0.39, 0.29) is 0 Å². The maximum Gasteiger partial charge on any atom is 0.189 e. The predicted octanol–water partition coefficient (Wildman–Crippen LogP) is 2.17. The fraction of sp³-hybridized carbons (Fsp3) is 0.353. The molecular weight excluding hydrogens is 350 g/mol. The molecule has 8 nitrogen and oxygen atoms in total. The van der Waals surface area contributed by atoms with Crippen molar-refractivity contribution >= 4 is 44.0 Å². The Morgan fingerprint density at radius 2 is 2.00 bits per heavy atom. The highest BCUT2D eigenvalue weighted by Gasteiger charge is 2.20. The number of anilines is 4. The van der Waals surface area contributed by atoms with E-state index in [2.05, 4.69) is 37.1 Å². The van der Waals surface area contributed by atoms with Gasteiger partial charge in [-0.2, -0.15) is 0 Å². The molecule has 136 valence electrons. The molecule has 1 aliphatic heterocycles. The first-order valence-electron chi connectivity index (χ1n) is 8.39. The van der Waals surface area contributed by atoms with Gasteiger partial charge in [-0.25, -0.2) is 15.0 Å². The number of hydrogen-bond acceptors (Lipinski definition) is 9. The van der Waals surface area contributed by atoms with Crippen molar-refractivity contribution < 1.29 is 4.74 Å². The molecule has 0 amide bonds. The lowest BCUT2D eigenvalue weighted by Gasteiger charge is -2.33. The minimum atomic E-state index is 0.550. The van der Waals surface area contributed by atoms with Gasteiger partial charge in [-0.05, 0) is 25.2 Å². The molecule has 3 N–H and O–H groups in total. The first-order chi connectivity index (χ1) is 12.6. The molecule has 9 heteroatoms. The molecule has 0 saturated carbocycles. The minimum absolute atomic E-state index is 0.550. The van der Waals surface area contributed by atoms with Crippen molar-refractivity contribution in [2.75, 3.05) is 56.3 Å². The van der Waals surface area contributed by atoms with Gasteiger partial charge in [-0.3, -0.25) is 0 Å². The second-order valence-electron chi connectivity index (χ2n) is 6.23. The number of benzene rings is 1. The highest BCUT2D eigenvalue weighted by molar-refractivity contribution is 7.22. The Kier molecular flexibility index (Phi) is 4.48. The number of aromatic nitrogens is 3. The number of likely N-dealkylation sites (N-methyl/N-ethyl adjacent to an activating group) is 1. The van der Waals surface area contributed by atoms with Crippen LogP contribution in [-0.2, 0) is 0 Å². The van der Waals surface area contributed by atoms with Gasteiger partial charge in [0.15, 0.2) is 16.8 Å². The van der Waals surface area contributed by atoms with Crippen LogP contribution in [0.1, 0.15) is 0 Å². The van der Waals surface area contributed by atoms with Crippen LogP contribution in [0.4, 0.5) is 22.5 Å². The van der Waals surface area contributed by atoms with Crippen LogP contribution in [0, 0.1) is 0 Å². The Labute approximate surface area is 155 Å². The first kappa shape index (κ1) is 16.8. The minimum Gasteiger partial charge on any atom is -0.497 e. The molecule has 1 saturated heterocycles. The van der Waals surface area contributed by atoms with Crippen LogP contribution in [0.15, 0.2) is 24.5 Å². The summed E-state index contributed by atoms with van der Waals surface area (Å²) in [5.74, 6) is 2.17. The van der Waals surface area contributed by atoms with E-state index in [1.165, 1.54) is 11.3 Å². The van der Waals surface area contributed by atoms with Crippen LogP contribution in [0.3, 0.4) is 0 Å². The van der Waals surface area contributed by atoms with Crippen molar-refractivity contribution in [2.45, 2.75) is 0 Å². The van der Waals surface area contributed by atoms with Crippen molar-refractivity contribution in [3.05, 3.63) is 24.5 Å². The van der Waals surface area contributed by atoms with Crippen LogP contribution < -0.4 is 20.7 Å². The third kappa shape index (κ3) is 3.23. The van der Waals surface area contributed by atoms with Crippen molar-refractivity contribution in [1.29, 1.82) is 0 Å². The third-order valence-corrected chi connectivity index (χ3v) is 5.42. The van der Waals surface area contributed by atoms with Crippen LogP contribution >= 0.6 is 11.3 Å². The van der Waals surface area contributed by atoms with Gasteiger partial charge in [-0.1, -0.05) is 11.3 Å². The number of nitrogens with two attached hydrogens (primary N) is 1. The Morgan fingerprint density at radius 1 is 1.19 bits per heavy atom. The Morgan fingerprint density at radius 3 is 2.77 bits per heavy atom. The largest absolute Gasteiger partial charge is 0.497 e. The Balaban J connectivity index is 1.59. The molecule has 26 heavy (non-hydrogen) atoms. The van der Waals surface area contributed by atoms with Gasteiger partial charge >= 0.3 is 0 Å². The van der Waals surface area contributed by atoms with E-state index >= 15 is 0 Å². The molecule has 4 rings (SSSR count). The molecule has 2 aromatic heterocycles. The van der Waals surface area contributed by atoms with E-state index in [0.29, 0.717) is 11.5 Å². The Bertz CT molecular complexity index is 921. The third-order valence-electron chi connectivity index (χ3n) is 4.49. The Hall–Kier alpha value is -2.65. The lowest BCUT2D eigenvalue weighted by Crippen LogP contribution is -2.45. The maximum atomic E-state index is 6.35. The van der Waals surface area contributed by atoms with E-state index in [0.717, 1.165) is 53.1 Å². The number of thiazole rings is 1. The van der Waals surface area contributed by atoms with Gasteiger partial charge < -0.3 is 25.6 Å². The van der Waals surface area contributed by atoms with Crippen molar-refractivity contribution in [1.82, 2.24) is 19.9 Å². The van der Waals surface area contributed by atoms with Gasteiger partial charge in [0.1, 0.15) is 17.8 Å². The zero-order valence-corrected chi connectivity index (χ0v) is 15.6. The zero-order chi connectivity index (χ0) is 18.1. The van der Waals surface area contributed by atoms with Crippen LogP contribution in [0.2, 0.25) is 0 Å². The molecule has 0 radical (unpaired) electrons. The molecule has 1 aromatic carbocycles. The number of piperazine rings is 1. The van der Waals surface area contributed by atoms with Gasteiger partial charge in [0.2, 0.25) is 0 Å². The number of methoxy groups -OCH3 is 1. The maximum absolute atomic E-state index is 6.35. The lowest BCUT2D eigenvalue weighted by molar-refractivity contribution is 0.312. The number of rotatable bonds is 4. The summed E-state index contributed by atoms with van der Waals surface area (Å²) in [6.07, 6.45) is 1.54. The number of ether oxygens (including phenoxy) is 1. The second kappa shape index (κ2) is 6.93. The predicted molar refractivity (Wildman–Crippen MR) is 106 cm³/mol. The second-order valence-corrected chi connectivity index (χ2v) is 7.26. The molecule has 3 heterocycles. The SMILES string of the molecule is COc1ccc2nc(Nc3ncnc(N4CCN(C)CC4)c3N)sc2c1. The summed E-state index contributed by atoms with van der Waals surface area (Å²) in [5.41, 5.74) is 7.81. The fourth-order valence-electron chi connectivity index (χ4n) is 2.94. The van der Waals surface area contributed by atoms with Gasteiger partial charge in [0.25, 0.3) is 0 Å². The standard InChI is InChI=1S/C17H21N7OS/c1-23-5-7-24(8-6-23)16-14(18)15(19-10-20-16)22-17-21-12-4-3-11(25-2)9-13(12)26-17/h3-4,9-10H,5-8,18H2,1-2H3,(H,19,20,21,22). The number of hydrogen-bond donors (Lipinski definition) is 2. The van der Waals surface area contributed by atoms with E-state index in [1.807, 2.05) is 18.2 Å². The monoisotopic (exact) mass is 371 g/mol. The fourth-order valence-corrected chi connectivity index (χ4v) is 3.84. The highest BCUT2D eigenvalue weighted by Crippen LogP contribution is 2.33. The number of nitrogens with zero attached hydrogens (tertiary/aromatic N) is 5. The smallest absolute Gasteiger partial charge is 0.189 e. The molecule has 1 fully saturated rings. The van der Waals surface area contributed by atoms with Crippen LogP contribution in [-0.4, -0.2) is 60.2 Å². The topological polar surface area (TPSA) is 92.4 Å². The average molecular weight is 371 g/mol. The van der Waals surface area contributed by atoms with E-state index in [1.54, 1.807) is 13.4 Å². The van der Waals surface area contributed by atoms with E-state index in [9.17, 15) is 0 Å². The van der Waals surface area contributed by atoms with E-state index in [4.69, 9.17) is 10.5 Å². The molecule has 0 aliphatic carbocycles. The zero-order valence-electron chi connectivity index (χ0n) is 14.8. The van der Waals surface area contributed by atoms with Crippen LogP contribution in [0.25, 0.3) is 10.2 Å². The van der Waals surface area contributed by atoms with Crippen molar-refractivity contribution in [3.63, 3.8) is 0 Å². The molecule has 0 bridgehead atoms. The number of fused-ring (bicyclic) bond motifs is 1. The molecular formula is C17H21N7OS. The lowest BCUT2D eigenvalue weighted by atomic mass is 10.3. The molecule has 1 aliphatic rings. The molecule has 3 aromatic rings. The van der Waals surface area contributed by atoms with Crippen molar-refractivity contribution in [3.8, 4) is 5.75 Å². The average Bonchev–Trinajstić information content (AvgIpc) is 3.05. The summed E-state index contributed by atoms with van der Waals surface area (Å²) in [5, 5.41) is 3.98. The van der Waals surface area contributed by atoms with Crippen molar-refractivity contribution in [2.24, 2.45) is 0 Å². The normalized spacial score (nSPS) is 15.4. The summed E-state index contributed by atoms with van der Waals surface area (Å²) in [4.78, 5) is 17.8.